The molecular formula is C9H12ClNO2S. The molecule has 5 heteroatoms. The highest BCUT2D eigenvalue weighted by atomic mass is 35.5. The van der Waals surface area contributed by atoms with Crippen molar-refractivity contribution < 1.29 is 8.42 Å². The summed E-state index contributed by atoms with van der Waals surface area (Å²) in [6.45, 7) is 2.90. The Kier molecular flexibility index (Phi) is 2.90. The minimum absolute atomic E-state index is 0.150. The molecule has 0 unspecified atom stereocenters. The topological polar surface area (TPSA) is 60.2 Å². The first-order chi connectivity index (χ1) is 6.25. The third kappa shape index (κ3) is 2.08. The van der Waals surface area contributed by atoms with Crippen LogP contribution in [0, 0.1) is 0 Å². The molecule has 0 saturated carbocycles. The zero-order valence-corrected chi connectivity index (χ0v) is 9.56. The average molecular weight is 234 g/mol. The highest BCUT2D eigenvalue weighted by molar-refractivity contribution is 7.92. The third-order valence-corrected chi connectivity index (χ3v) is 4.29. The van der Waals surface area contributed by atoms with Gasteiger partial charge in [-0.05, 0) is 32.0 Å². The van der Waals surface area contributed by atoms with E-state index in [2.05, 4.69) is 0 Å². The van der Waals surface area contributed by atoms with Crippen LogP contribution in [0.5, 0.6) is 0 Å². The van der Waals surface area contributed by atoms with Gasteiger partial charge in [0.25, 0.3) is 0 Å². The summed E-state index contributed by atoms with van der Waals surface area (Å²) in [5.74, 6) is 0. The van der Waals surface area contributed by atoms with Gasteiger partial charge >= 0.3 is 0 Å². The van der Waals surface area contributed by atoms with E-state index >= 15 is 0 Å². The highest BCUT2D eigenvalue weighted by Crippen LogP contribution is 2.23. The average Bonchev–Trinajstić information content (AvgIpc) is 2.02. The van der Waals surface area contributed by atoms with Crippen LogP contribution < -0.4 is 5.73 Å². The fourth-order valence-electron chi connectivity index (χ4n) is 0.938. The van der Waals surface area contributed by atoms with Crippen molar-refractivity contribution in [3.8, 4) is 0 Å². The molecule has 0 bridgehead atoms. The second-order valence-electron chi connectivity index (χ2n) is 3.56. The summed E-state index contributed by atoms with van der Waals surface area (Å²) in [6.07, 6.45) is 0. The minimum atomic E-state index is -3.51. The molecule has 0 amide bonds. The molecule has 0 aliphatic rings. The molecule has 1 aromatic carbocycles. The van der Waals surface area contributed by atoms with E-state index in [9.17, 15) is 8.42 Å². The fourth-order valence-corrected chi connectivity index (χ4v) is 2.34. The summed E-state index contributed by atoms with van der Waals surface area (Å²) in [7, 11) is -3.51. The Morgan fingerprint density at radius 1 is 1.36 bits per heavy atom. The second kappa shape index (κ2) is 3.53. The van der Waals surface area contributed by atoms with Gasteiger partial charge in [-0.1, -0.05) is 17.7 Å². The van der Waals surface area contributed by atoms with Gasteiger partial charge < -0.3 is 5.73 Å². The number of benzene rings is 1. The number of halogens is 1. The predicted octanol–water partition coefficient (Wildman–Crippen LogP) is 1.81. The highest BCUT2D eigenvalue weighted by Gasteiger charge is 2.31. The molecule has 1 aromatic rings. The lowest BCUT2D eigenvalue weighted by molar-refractivity contribution is 0.552. The SMILES string of the molecule is CC(C)(N)S(=O)(=O)c1cccc(Cl)c1. The Hall–Kier alpha value is -0.580. The van der Waals surface area contributed by atoms with Gasteiger partial charge in [0.15, 0.2) is 9.84 Å². The van der Waals surface area contributed by atoms with Crippen LogP contribution in [0.15, 0.2) is 29.2 Å². The van der Waals surface area contributed by atoms with Crippen molar-refractivity contribution in [2.24, 2.45) is 5.73 Å². The molecule has 3 nitrogen and oxygen atoms in total. The Labute approximate surface area is 88.8 Å². The molecule has 0 aromatic heterocycles. The van der Waals surface area contributed by atoms with Crippen molar-refractivity contribution in [3.05, 3.63) is 29.3 Å². The minimum Gasteiger partial charge on any atom is -0.313 e. The van der Waals surface area contributed by atoms with Crippen LogP contribution >= 0.6 is 11.6 Å². The molecule has 0 fully saturated rings. The standard InChI is InChI=1S/C9H12ClNO2S/c1-9(2,11)14(12,13)8-5-3-4-7(10)6-8/h3-6H,11H2,1-2H3. The largest absolute Gasteiger partial charge is 0.313 e. The van der Waals surface area contributed by atoms with Crippen LogP contribution in [-0.4, -0.2) is 13.3 Å². The molecule has 0 heterocycles. The molecule has 0 spiro atoms. The van der Waals surface area contributed by atoms with E-state index in [0.29, 0.717) is 5.02 Å². The van der Waals surface area contributed by atoms with E-state index in [0.717, 1.165) is 0 Å². The Balaban J connectivity index is 3.32. The van der Waals surface area contributed by atoms with Crippen LogP contribution in [0.1, 0.15) is 13.8 Å². The van der Waals surface area contributed by atoms with Crippen LogP contribution in [0.25, 0.3) is 0 Å². The van der Waals surface area contributed by atoms with E-state index in [4.69, 9.17) is 17.3 Å². The van der Waals surface area contributed by atoms with Crippen LogP contribution in [0.2, 0.25) is 5.02 Å². The lowest BCUT2D eigenvalue weighted by Gasteiger charge is -2.19. The first kappa shape index (κ1) is 11.5. The van der Waals surface area contributed by atoms with Crippen LogP contribution in [0.3, 0.4) is 0 Å². The van der Waals surface area contributed by atoms with Crippen LogP contribution in [0.4, 0.5) is 0 Å². The number of hydrogen-bond donors (Lipinski definition) is 1. The Morgan fingerprint density at radius 2 is 1.93 bits per heavy atom. The molecular weight excluding hydrogens is 222 g/mol. The van der Waals surface area contributed by atoms with E-state index < -0.39 is 14.7 Å². The molecule has 0 aliphatic heterocycles. The van der Waals surface area contributed by atoms with Gasteiger partial charge in [0.2, 0.25) is 0 Å². The molecule has 78 valence electrons. The van der Waals surface area contributed by atoms with E-state index in [1.165, 1.54) is 26.0 Å². The Bertz CT molecular complexity index is 434. The smallest absolute Gasteiger partial charge is 0.196 e. The summed E-state index contributed by atoms with van der Waals surface area (Å²) in [4.78, 5) is -1.14. The number of nitrogens with two attached hydrogens (primary N) is 1. The summed E-state index contributed by atoms with van der Waals surface area (Å²) in [5.41, 5.74) is 5.56. The van der Waals surface area contributed by atoms with Gasteiger partial charge in [-0.15, -0.1) is 0 Å². The monoisotopic (exact) mass is 233 g/mol. The van der Waals surface area contributed by atoms with Gasteiger partial charge in [0, 0.05) is 5.02 Å². The fraction of sp³-hybridized carbons (Fsp3) is 0.333. The van der Waals surface area contributed by atoms with E-state index in [-0.39, 0.29) is 4.90 Å². The van der Waals surface area contributed by atoms with Crippen molar-refractivity contribution >= 4 is 21.4 Å². The van der Waals surface area contributed by atoms with Crippen molar-refractivity contribution in [1.82, 2.24) is 0 Å². The molecule has 0 aliphatic carbocycles. The molecule has 1 rings (SSSR count). The van der Waals surface area contributed by atoms with Gasteiger partial charge in [-0.2, -0.15) is 0 Å². The number of sulfone groups is 1. The maximum atomic E-state index is 11.8. The van der Waals surface area contributed by atoms with Gasteiger partial charge in [0.1, 0.15) is 4.87 Å². The first-order valence-corrected chi connectivity index (χ1v) is 5.90. The summed E-state index contributed by atoms with van der Waals surface area (Å²) < 4.78 is 23.6. The van der Waals surface area contributed by atoms with Crippen LogP contribution in [-0.2, 0) is 9.84 Å². The van der Waals surface area contributed by atoms with Crippen molar-refractivity contribution in [3.63, 3.8) is 0 Å². The van der Waals surface area contributed by atoms with Gasteiger partial charge in [-0.25, -0.2) is 8.42 Å². The zero-order chi connectivity index (χ0) is 11.0. The zero-order valence-electron chi connectivity index (χ0n) is 7.99. The van der Waals surface area contributed by atoms with Gasteiger partial charge in [0.05, 0.1) is 4.90 Å². The summed E-state index contributed by atoms with van der Waals surface area (Å²) >= 11 is 5.70. The number of hydrogen-bond acceptors (Lipinski definition) is 3. The summed E-state index contributed by atoms with van der Waals surface area (Å²) in [6, 6.07) is 6.08. The normalized spacial score (nSPS) is 12.9. The lowest BCUT2D eigenvalue weighted by Crippen LogP contribution is -2.41. The number of rotatable bonds is 2. The maximum absolute atomic E-state index is 11.8. The van der Waals surface area contributed by atoms with Crippen molar-refractivity contribution in [2.75, 3.05) is 0 Å². The lowest BCUT2D eigenvalue weighted by atomic mass is 10.4. The predicted molar refractivity (Wildman–Crippen MR) is 56.9 cm³/mol. The summed E-state index contributed by atoms with van der Waals surface area (Å²) in [5, 5.41) is 0.385. The van der Waals surface area contributed by atoms with Crippen molar-refractivity contribution in [1.29, 1.82) is 0 Å². The first-order valence-electron chi connectivity index (χ1n) is 4.04. The molecule has 2 N–H and O–H groups in total. The molecule has 14 heavy (non-hydrogen) atoms. The molecule has 0 radical (unpaired) electrons. The molecule has 0 atom stereocenters. The third-order valence-electron chi connectivity index (χ3n) is 1.80. The quantitative estimate of drug-likeness (QED) is 0.848. The maximum Gasteiger partial charge on any atom is 0.196 e. The van der Waals surface area contributed by atoms with Crippen molar-refractivity contribution in [2.45, 2.75) is 23.6 Å². The van der Waals surface area contributed by atoms with E-state index in [1.54, 1.807) is 12.1 Å². The second-order valence-corrected chi connectivity index (χ2v) is 6.53. The van der Waals surface area contributed by atoms with E-state index in [1.807, 2.05) is 0 Å². The Morgan fingerprint density at radius 3 is 2.36 bits per heavy atom. The van der Waals surface area contributed by atoms with Gasteiger partial charge in [-0.3, -0.25) is 0 Å². The molecule has 0 saturated heterocycles.